The van der Waals surface area contributed by atoms with Gasteiger partial charge in [-0.3, -0.25) is 0 Å². The largest absolute Gasteiger partial charge is 0.373 e. The van der Waals surface area contributed by atoms with Crippen molar-refractivity contribution in [2.75, 3.05) is 18.4 Å². The van der Waals surface area contributed by atoms with Gasteiger partial charge in [-0.05, 0) is 52.0 Å². The Morgan fingerprint density at radius 2 is 1.96 bits per heavy atom. The van der Waals surface area contributed by atoms with Crippen LogP contribution in [-0.2, 0) is 0 Å². The maximum atomic E-state index is 4.82. The Kier molecular flexibility index (Phi) is 4.90. The summed E-state index contributed by atoms with van der Waals surface area (Å²) >= 11 is 3.40. The molecule has 0 bridgehead atoms. The molecule has 1 saturated heterocycles. The van der Waals surface area contributed by atoms with Crippen LogP contribution in [0.25, 0.3) is 10.6 Å². The summed E-state index contributed by atoms with van der Waals surface area (Å²) in [7, 11) is 0. The maximum Gasteiger partial charge on any atom is 0.187 e. The number of hydrogen-bond donors (Lipinski definition) is 1. The smallest absolute Gasteiger partial charge is 0.187 e. The van der Waals surface area contributed by atoms with E-state index in [-0.39, 0.29) is 0 Å². The minimum atomic E-state index is 0.969. The van der Waals surface area contributed by atoms with E-state index in [1.165, 1.54) is 48.6 Å². The number of aryl methyl sites for hydroxylation is 2. The van der Waals surface area contributed by atoms with Crippen LogP contribution >= 0.6 is 22.7 Å². The Bertz CT molecular complexity index is 809. The van der Waals surface area contributed by atoms with E-state index in [1.54, 1.807) is 22.7 Å². The summed E-state index contributed by atoms with van der Waals surface area (Å²) in [5.74, 6) is 0. The predicted octanol–water partition coefficient (Wildman–Crippen LogP) is 5.34. The fourth-order valence-electron chi connectivity index (χ4n) is 3.58. The van der Waals surface area contributed by atoms with Gasteiger partial charge in [0.15, 0.2) is 5.13 Å². The molecule has 2 aromatic rings. The molecular weight excluding hydrogens is 348 g/mol. The Hall–Kier alpha value is -1.66. The van der Waals surface area contributed by atoms with Crippen LogP contribution in [0.15, 0.2) is 28.9 Å². The molecule has 2 aliphatic rings. The highest BCUT2D eigenvalue weighted by Gasteiger charge is 2.19. The first-order valence-corrected chi connectivity index (χ1v) is 10.7. The van der Waals surface area contributed by atoms with Gasteiger partial charge in [0.1, 0.15) is 0 Å². The number of rotatable bonds is 4. The van der Waals surface area contributed by atoms with E-state index in [1.807, 2.05) is 0 Å². The molecule has 4 rings (SSSR count). The van der Waals surface area contributed by atoms with E-state index in [4.69, 9.17) is 4.98 Å². The molecule has 0 amide bonds. The van der Waals surface area contributed by atoms with E-state index in [2.05, 4.69) is 46.6 Å². The Labute approximate surface area is 157 Å². The van der Waals surface area contributed by atoms with Gasteiger partial charge in [0, 0.05) is 24.2 Å². The number of hydrogen-bond acceptors (Lipinski definition) is 6. The minimum Gasteiger partial charge on any atom is -0.373 e. The fourth-order valence-corrected chi connectivity index (χ4v) is 5.25. The van der Waals surface area contributed by atoms with Crippen molar-refractivity contribution in [1.82, 2.24) is 14.9 Å². The fraction of sp³-hybridized carbons (Fsp3) is 0.474. The second-order valence-electron chi connectivity index (χ2n) is 6.66. The average molecular weight is 373 g/mol. The van der Waals surface area contributed by atoms with Crippen molar-refractivity contribution >= 4 is 27.8 Å². The van der Waals surface area contributed by atoms with Crippen LogP contribution in [0.2, 0.25) is 0 Å². The predicted molar refractivity (Wildman–Crippen MR) is 107 cm³/mol. The molecule has 0 unspecified atom stereocenters. The summed E-state index contributed by atoms with van der Waals surface area (Å²) in [5.41, 5.74) is 4.80. The standard InChI is InChI=1S/C19H24N4S2/c1-13-18(25-14(2)20-13)16-12-24-19(22-16)21-15-8-4-5-9-17(15)23-10-6-3-7-11-23/h4,8,12H,3,5-7,9-11H2,1-2H3,(H,21,22). The number of anilines is 1. The second kappa shape index (κ2) is 7.30. The quantitative estimate of drug-likeness (QED) is 0.786. The molecule has 3 heterocycles. The van der Waals surface area contributed by atoms with Crippen LogP contribution in [0.1, 0.15) is 42.8 Å². The summed E-state index contributed by atoms with van der Waals surface area (Å²) in [6, 6.07) is 0. The molecule has 132 valence electrons. The van der Waals surface area contributed by atoms with Crippen molar-refractivity contribution in [1.29, 1.82) is 0 Å². The molecule has 4 nitrogen and oxygen atoms in total. The average Bonchev–Trinajstić information content (AvgIpc) is 3.22. The van der Waals surface area contributed by atoms with Crippen molar-refractivity contribution in [2.24, 2.45) is 0 Å². The van der Waals surface area contributed by atoms with Crippen LogP contribution in [-0.4, -0.2) is 28.0 Å². The lowest BCUT2D eigenvalue weighted by Crippen LogP contribution is -2.31. The lowest BCUT2D eigenvalue weighted by molar-refractivity contribution is 0.274. The number of piperidine rings is 1. The molecule has 1 N–H and O–H groups in total. The number of thiazole rings is 2. The summed E-state index contributed by atoms with van der Waals surface area (Å²) in [4.78, 5) is 13.1. The molecule has 1 aliphatic carbocycles. The van der Waals surface area contributed by atoms with Crippen LogP contribution < -0.4 is 5.32 Å². The maximum absolute atomic E-state index is 4.82. The summed E-state index contributed by atoms with van der Waals surface area (Å²) < 4.78 is 0. The first-order chi connectivity index (χ1) is 12.2. The summed E-state index contributed by atoms with van der Waals surface area (Å²) in [6.07, 6.45) is 10.8. The number of nitrogens with one attached hydrogen (secondary N) is 1. The molecule has 0 saturated carbocycles. The van der Waals surface area contributed by atoms with Gasteiger partial charge >= 0.3 is 0 Å². The normalized spacial score (nSPS) is 18.1. The third-order valence-electron chi connectivity index (χ3n) is 4.76. The van der Waals surface area contributed by atoms with Gasteiger partial charge in [-0.25, -0.2) is 9.97 Å². The van der Waals surface area contributed by atoms with Crippen LogP contribution in [0.5, 0.6) is 0 Å². The van der Waals surface area contributed by atoms with E-state index in [0.717, 1.165) is 34.4 Å². The van der Waals surface area contributed by atoms with Crippen LogP contribution in [0, 0.1) is 13.8 Å². The van der Waals surface area contributed by atoms with Gasteiger partial charge in [-0.2, -0.15) is 0 Å². The topological polar surface area (TPSA) is 41.1 Å². The number of likely N-dealkylation sites (tertiary alicyclic amines) is 1. The molecular formula is C19H24N4S2. The molecule has 0 atom stereocenters. The zero-order chi connectivity index (χ0) is 17.2. The van der Waals surface area contributed by atoms with E-state index >= 15 is 0 Å². The molecule has 1 aliphatic heterocycles. The second-order valence-corrected chi connectivity index (χ2v) is 8.72. The summed E-state index contributed by atoms with van der Waals surface area (Å²) in [6.45, 7) is 6.50. The highest BCUT2D eigenvalue weighted by molar-refractivity contribution is 7.16. The first-order valence-electron chi connectivity index (χ1n) is 9.02. The molecule has 6 heteroatoms. The number of nitrogens with zero attached hydrogens (tertiary/aromatic N) is 3. The number of allylic oxidation sites excluding steroid dienone is 3. The highest BCUT2D eigenvalue weighted by Crippen LogP contribution is 2.33. The van der Waals surface area contributed by atoms with Gasteiger partial charge < -0.3 is 10.2 Å². The van der Waals surface area contributed by atoms with E-state index in [9.17, 15) is 0 Å². The van der Waals surface area contributed by atoms with Crippen molar-refractivity contribution in [2.45, 2.75) is 46.0 Å². The minimum absolute atomic E-state index is 0.969. The van der Waals surface area contributed by atoms with Gasteiger partial charge in [0.2, 0.25) is 0 Å². The molecule has 25 heavy (non-hydrogen) atoms. The molecule has 0 spiro atoms. The van der Waals surface area contributed by atoms with Gasteiger partial charge in [0.25, 0.3) is 0 Å². The van der Waals surface area contributed by atoms with E-state index in [0.29, 0.717) is 0 Å². The van der Waals surface area contributed by atoms with Crippen molar-refractivity contribution < 1.29 is 0 Å². The SMILES string of the molecule is Cc1nc(C)c(-c2csc(NC3=C(N4CCCCC4)CCC=C3)n2)s1. The van der Waals surface area contributed by atoms with E-state index < -0.39 is 0 Å². The van der Waals surface area contributed by atoms with Crippen LogP contribution in [0.4, 0.5) is 5.13 Å². The molecule has 0 aromatic carbocycles. The zero-order valence-corrected chi connectivity index (χ0v) is 16.5. The number of aromatic nitrogens is 2. The van der Waals surface area contributed by atoms with Gasteiger partial charge in [-0.1, -0.05) is 6.08 Å². The van der Waals surface area contributed by atoms with Gasteiger partial charge in [-0.15, -0.1) is 22.7 Å². The first kappa shape index (κ1) is 16.8. The lowest BCUT2D eigenvalue weighted by Gasteiger charge is -2.33. The van der Waals surface area contributed by atoms with Crippen molar-refractivity contribution in [3.63, 3.8) is 0 Å². The third kappa shape index (κ3) is 3.65. The molecule has 0 radical (unpaired) electrons. The Morgan fingerprint density at radius 3 is 2.72 bits per heavy atom. The molecule has 1 fully saturated rings. The van der Waals surface area contributed by atoms with Crippen molar-refractivity contribution in [3.05, 3.63) is 39.6 Å². The highest BCUT2D eigenvalue weighted by atomic mass is 32.1. The van der Waals surface area contributed by atoms with Crippen molar-refractivity contribution in [3.8, 4) is 10.6 Å². The zero-order valence-electron chi connectivity index (χ0n) is 14.8. The Balaban J connectivity index is 1.57. The third-order valence-corrected chi connectivity index (χ3v) is 6.62. The van der Waals surface area contributed by atoms with Gasteiger partial charge in [0.05, 0.1) is 27.0 Å². The van der Waals surface area contributed by atoms with Crippen LogP contribution in [0.3, 0.4) is 0 Å². The molecule has 2 aromatic heterocycles. The monoisotopic (exact) mass is 372 g/mol. The summed E-state index contributed by atoms with van der Waals surface area (Å²) in [5, 5.41) is 7.79. The lowest BCUT2D eigenvalue weighted by atomic mass is 10.0. The Morgan fingerprint density at radius 1 is 1.12 bits per heavy atom.